The van der Waals surface area contributed by atoms with Crippen LogP contribution in [0.3, 0.4) is 0 Å². The zero-order valence-corrected chi connectivity index (χ0v) is 11.6. The third-order valence-electron chi connectivity index (χ3n) is 2.64. The van der Waals surface area contributed by atoms with Gasteiger partial charge in [-0.25, -0.2) is 4.39 Å². The predicted molar refractivity (Wildman–Crippen MR) is 79.6 cm³/mol. The Balaban J connectivity index is 2.10. The second-order valence-corrected chi connectivity index (χ2v) is 4.77. The number of anilines is 1. The van der Waals surface area contributed by atoms with Crippen molar-refractivity contribution < 1.29 is 9.18 Å². The lowest BCUT2D eigenvalue weighted by atomic mass is 10.1. The highest BCUT2D eigenvalue weighted by atomic mass is 35.5. The molecule has 0 aliphatic rings. The van der Waals surface area contributed by atoms with Crippen molar-refractivity contribution in [3.8, 4) is 0 Å². The van der Waals surface area contributed by atoms with Gasteiger partial charge >= 0.3 is 0 Å². The lowest BCUT2D eigenvalue weighted by Gasteiger charge is -2.06. The Morgan fingerprint density at radius 1 is 1.20 bits per heavy atom. The summed E-state index contributed by atoms with van der Waals surface area (Å²) in [6.45, 7) is 1.75. The van der Waals surface area contributed by atoms with Crippen LogP contribution in [0.1, 0.15) is 17.3 Å². The molecular weight excluding hydrogens is 277 g/mol. The van der Waals surface area contributed by atoms with E-state index in [4.69, 9.17) is 11.6 Å². The average Bonchev–Trinajstić information content (AvgIpc) is 2.39. The first-order valence-corrected chi connectivity index (χ1v) is 6.43. The number of nitrogens with one attached hydrogen (secondary N) is 1. The van der Waals surface area contributed by atoms with E-state index in [1.165, 1.54) is 18.2 Å². The zero-order valence-electron chi connectivity index (χ0n) is 10.9. The van der Waals surface area contributed by atoms with Gasteiger partial charge in [-0.05, 0) is 49.4 Å². The van der Waals surface area contributed by atoms with Crippen molar-refractivity contribution >= 4 is 23.1 Å². The summed E-state index contributed by atoms with van der Waals surface area (Å²) in [5, 5.41) is 3.55. The van der Waals surface area contributed by atoms with Crippen LogP contribution in [0.25, 0.3) is 0 Å². The molecule has 0 aliphatic heterocycles. The third-order valence-corrected chi connectivity index (χ3v) is 2.89. The standard InChI is InChI=1S/C16H13ClFNO/c1-11(19-15-4-2-3-14(18)10-15)9-16(20)12-5-7-13(17)8-6-12/h2-10,19H,1H3/b11-9+. The Morgan fingerprint density at radius 3 is 2.55 bits per heavy atom. The maximum Gasteiger partial charge on any atom is 0.187 e. The van der Waals surface area contributed by atoms with Crippen LogP contribution in [0.5, 0.6) is 0 Å². The first-order valence-electron chi connectivity index (χ1n) is 6.05. The van der Waals surface area contributed by atoms with Crippen LogP contribution in [-0.4, -0.2) is 5.78 Å². The van der Waals surface area contributed by atoms with E-state index in [1.54, 1.807) is 43.3 Å². The molecule has 0 aromatic heterocycles. The van der Waals surface area contributed by atoms with Gasteiger partial charge in [0.2, 0.25) is 0 Å². The third kappa shape index (κ3) is 3.93. The highest BCUT2D eigenvalue weighted by Gasteiger charge is 2.03. The summed E-state index contributed by atoms with van der Waals surface area (Å²) in [5.41, 5.74) is 1.79. The number of benzene rings is 2. The summed E-state index contributed by atoms with van der Waals surface area (Å²) in [6, 6.07) is 12.7. The molecule has 0 radical (unpaired) electrons. The molecule has 0 amide bonds. The maximum atomic E-state index is 13.0. The fourth-order valence-electron chi connectivity index (χ4n) is 1.72. The molecule has 0 saturated heterocycles. The molecule has 0 unspecified atom stereocenters. The van der Waals surface area contributed by atoms with Crippen molar-refractivity contribution in [3.05, 3.63) is 76.7 Å². The van der Waals surface area contributed by atoms with E-state index in [1.807, 2.05) is 0 Å². The first-order chi connectivity index (χ1) is 9.54. The number of ketones is 1. The molecule has 0 aliphatic carbocycles. The van der Waals surface area contributed by atoms with E-state index in [-0.39, 0.29) is 11.6 Å². The molecule has 2 aromatic carbocycles. The van der Waals surface area contributed by atoms with Gasteiger partial charge in [0.05, 0.1) is 0 Å². The fraction of sp³-hybridized carbons (Fsp3) is 0.0625. The number of allylic oxidation sites excluding steroid dienone is 2. The summed E-state index contributed by atoms with van der Waals surface area (Å²) < 4.78 is 13.0. The van der Waals surface area contributed by atoms with Gasteiger partial charge in [-0.3, -0.25) is 4.79 Å². The molecule has 0 atom stereocenters. The quantitative estimate of drug-likeness (QED) is 0.654. The number of carbonyl (C=O) groups is 1. The van der Waals surface area contributed by atoms with Crippen molar-refractivity contribution in [3.63, 3.8) is 0 Å². The SMILES string of the molecule is C/C(=C\C(=O)c1ccc(Cl)cc1)Nc1cccc(F)c1. The largest absolute Gasteiger partial charge is 0.359 e. The van der Waals surface area contributed by atoms with Crippen LogP contribution >= 0.6 is 11.6 Å². The molecule has 2 rings (SSSR count). The summed E-state index contributed by atoms with van der Waals surface area (Å²) in [5.74, 6) is -0.463. The van der Waals surface area contributed by atoms with Crippen LogP contribution in [-0.2, 0) is 0 Å². The van der Waals surface area contributed by atoms with E-state index in [9.17, 15) is 9.18 Å². The van der Waals surface area contributed by atoms with Crippen molar-refractivity contribution in [1.82, 2.24) is 0 Å². The molecule has 0 heterocycles. The molecule has 20 heavy (non-hydrogen) atoms. The minimum Gasteiger partial charge on any atom is -0.359 e. The molecule has 0 spiro atoms. The molecule has 4 heteroatoms. The van der Waals surface area contributed by atoms with E-state index in [0.29, 0.717) is 22.0 Å². The van der Waals surface area contributed by atoms with Gasteiger partial charge in [-0.2, -0.15) is 0 Å². The van der Waals surface area contributed by atoms with Gasteiger partial charge in [0.1, 0.15) is 5.82 Å². The smallest absolute Gasteiger partial charge is 0.187 e. The molecule has 0 saturated carbocycles. The highest BCUT2D eigenvalue weighted by Crippen LogP contribution is 2.14. The summed E-state index contributed by atoms with van der Waals surface area (Å²) in [6.07, 6.45) is 1.47. The van der Waals surface area contributed by atoms with Crippen LogP contribution < -0.4 is 5.32 Å². The van der Waals surface area contributed by atoms with Gasteiger partial charge in [0.15, 0.2) is 5.78 Å². The predicted octanol–water partition coefficient (Wildman–Crippen LogP) is 4.68. The zero-order chi connectivity index (χ0) is 14.5. The number of hydrogen-bond donors (Lipinski definition) is 1. The summed E-state index contributed by atoms with van der Waals surface area (Å²) in [4.78, 5) is 12.0. The van der Waals surface area contributed by atoms with Crippen molar-refractivity contribution in [2.45, 2.75) is 6.92 Å². The van der Waals surface area contributed by atoms with E-state index < -0.39 is 0 Å². The van der Waals surface area contributed by atoms with E-state index in [0.717, 1.165) is 0 Å². The monoisotopic (exact) mass is 289 g/mol. The summed E-state index contributed by atoms with van der Waals surface area (Å²) >= 11 is 5.77. The molecule has 102 valence electrons. The number of carbonyl (C=O) groups excluding carboxylic acids is 1. The summed E-state index contributed by atoms with van der Waals surface area (Å²) in [7, 11) is 0. The Bertz CT molecular complexity index is 650. The minimum atomic E-state index is -0.327. The topological polar surface area (TPSA) is 29.1 Å². The van der Waals surface area contributed by atoms with Crippen LogP contribution in [0.2, 0.25) is 5.02 Å². The van der Waals surface area contributed by atoms with E-state index >= 15 is 0 Å². The second kappa shape index (κ2) is 6.35. The van der Waals surface area contributed by atoms with Gasteiger partial charge in [-0.15, -0.1) is 0 Å². The number of halogens is 2. The van der Waals surface area contributed by atoms with E-state index in [2.05, 4.69) is 5.32 Å². The Labute approximate surface area is 121 Å². The van der Waals surface area contributed by atoms with Crippen LogP contribution in [0.4, 0.5) is 10.1 Å². The fourth-order valence-corrected chi connectivity index (χ4v) is 1.85. The Kier molecular flexibility index (Phi) is 4.53. The van der Waals surface area contributed by atoms with Crippen molar-refractivity contribution in [1.29, 1.82) is 0 Å². The normalized spacial score (nSPS) is 11.2. The molecular formula is C16H13ClFNO. The molecule has 2 nitrogen and oxygen atoms in total. The van der Waals surface area contributed by atoms with Crippen LogP contribution in [0.15, 0.2) is 60.3 Å². The maximum absolute atomic E-state index is 13.0. The highest BCUT2D eigenvalue weighted by molar-refractivity contribution is 6.30. The minimum absolute atomic E-state index is 0.136. The van der Waals surface area contributed by atoms with Crippen molar-refractivity contribution in [2.24, 2.45) is 0 Å². The van der Waals surface area contributed by atoms with Gasteiger partial charge < -0.3 is 5.32 Å². The lowest BCUT2D eigenvalue weighted by Crippen LogP contribution is -2.01. The molecule has 0 bridgehead atoms. The van der Waals surface area contributed by atoms with Gasteiger partial charge in [-0.1, -0.05) is 17.7 Å². The van der Waals surface area contributed by atoms with Crippen LogP contribution in [0, 0.1) is 5.82 Å². The lowest BCUT2D eigenvalue weighted by molar-refractivity contribution is 0.104. The molecule has 1 N–H and O–H groups in total. The molecule has 2 aromatic rings. The van der Waals surface area contributed by atoms with Gasteiger partial charge in [0, 0.05) is 28.0 Å². The Hall–Kier alpha value is -2.13. The number of hydrogen-bond acceptors (Lipinski definition) is 2. The second-order valence-electron chi connectivity index (χ2n) is 4.33. The van der Waals surface area contributed by atoms with Crippen molar-refractivity contribution in [2.75, 3.05) is 5.32 Å². The van der Waals surface area contributed by atoms with Gasteiger partial charge in [0.25, 0.3) is 0 Å². The average molecular weight is 290 g/mol. The molecule has 0 fully saturated rings. The number of rotatable bonds is 4. The Morgan fingerprint density at radius 2 is 1.90 bits per heavy atom. The first kappa shape index (κ1) is 14.3.